The zero-order valence-electron chi connectivity index (χ0n) is 29.7. The first kappa shape index (κ1) is 31.7. The third-order valence-electron chi connectivity index (χ3n) is 10.5. The van der Waals surface area contributed by atoms with Gasteiger partial charge in [-0.15, -0.1) is 0 Å². The summed E-state index contributed by atoms with van der Waals surface area (Å²) < 4.78 is 13.5. The maximum atomic E-state index is 6.82. The summed E-state index contributed by atoms with van der Waals surface area (Å²) in [5, 5.41) is 0. The zero-order chi connectivity index (χ0) is 36.4. The average Bonchev–Trinajstić information content (AvgIpc) is 3.44. The highest BCUT2D eigenvalue weighted by Gasteiger charge is 2.37. The summed E-state index contributed by atoms with van der Waals surface area (Å²) in [6.07, 6.45) is 0. The van der Waals surface area contributed by atoms with E-state index in [4.69, 9.17) is 30.2 Å². The highest BCUT2D eigenvalue weighted by molar-refractivity contribution is 5.88. The molecule has 0 saturated heterocycles. The van der Waals surface area contributed by atoms with Gasteiger partial charge in [-0.3, -0.25) is 0 Å². The Morgan fingerprint density at radius 3 is 1.81 bits per heavy atom. The molecule has 2 N–H and O–H groups in total. The molecule has 8 aromatic rings. The molecule has 0 saturated carbocycles. The molecule has 0 bridgehead atoms. The van der Waals surface area contributed by atoms with E-state index in [9.17, 15) is 0 Å². The topological polar surface area (TPSA) is 83.2 Å². The fourth-order valence-electron chi connectivity index (χ4n) is 7.82. The van der Waals surface area contributed by atoms with E-state index in [2.05, 4.69) is 86.6 Å². The molecular formula is C48H34N4O2. The van der Waals surface area contributed by atoms with Crippen LogP contribution in [0.1, 0.15) is 25.0 Å². The summed E-state index contributed by atoms with van der Waals surface area (Å²) in [5.41, 5.74) is 18.1. The number of nitrogens with zero attached hydrogens (tertiary/aromatic N) is 3. The number of nitrogens with two attached hydrogens (primary N) is 1. The van der Waals surface area contributed by atoms with Crippen molar-refractivity contribution in [3.8, 4) is 90.5 Å². The largest absolute Gasteiger partial charge is 0.449 e. The molecule has 0 unspecified atom stereocenters. The van der Waals surface area contributed by atoms with E-state index >= 15 is 0 Å². The van der Waals surface area contributed by atoms with Gasteiger partial charge in [0.15, 0.2) is 40.5 Å². The number of hydrogen-bond donors (Lipinski definition) is 1. The minimum Gasteiger partial charge on any atom is -0.449 e. The van der Waals surface area contributed by atoms with Crippen LogP contribution in [0.15, 0.2) is 158 Å². The third kappa shape index (κ3) is 5.22. The van der Waals surface area contributed by atoms with Crippen LogP contribution in [0.25, 0.3) is 67.5 Å². The van der Waals surface area contributed by atoms with Crippen molar-refractivity contribution in [1.82, 2.24) is 15.0 Å². The van der Waals surface area contributed by atoms with Gasteiger partial charge in [0.1, 0.15) is 0 Å². The number of anilines is 1. The highest BCUT2D eigenvalue weighted by Crippen LogP contribution is 2.56. The van der Waals surface area contributed by atoms with Crippen LogP contribution in [0.3, 0.4) is 0 Å². The Bertz CT molecular complexity index is 2770. The second kappa shape index (κ2) is 12.3. The number of aromatic nitrogens is 3. The lowest BCUT2D eigenvalue weighted by atomic mass is 9.82. The second-order valence-electron chi connectivity index (χ2n) is 14.3. The predicted molar refractivity (Wildman–Crippen MR) is 216 cm³/mol. The summed E-state index contributed by atoms with van der Waals surface area (Å²) in [5.74, 6) is 4.41. The van der Waals surface area contributed by atoms with E-state index in [1.165, 1.54) is 22.3 Å². The van der Waals surface area contributed by atoms with Gasteiger partial charge < -0.3 is 15.2 Å². The van der Waals surface area contributed by atoms with E-state index in [-0.39, 0.29) is 5.41 Å². The van der Waals surface area contributed by atoms with Crippen LogP contribution in [0, 0.1) is 0 Å². The van der Waals surface area contributed by atoms with E-state index < -0.39 is 0 Å². The first-order chi connectivity index (χ1) is 26.4. The van der Waals surface area contributed by atoms with E-state index in [1.54, 1.807) is 0 Å². The normalized spacial score (nSPS) is 13.1. The maximum Gasteiger partial charge on any atom is 0.177 e. The van der Waals surface area contributed by atoms with Gasteiger partial charge in [-0.2, -0.15) is 0 Å². The molecule has 0 fully saturated rings. The van der Waals surface area contributed by atoms with Crippen LogP contribution in [-0.4, -0.2) is 15.0 Å². The molecule has 0 spiro atoms. The van der Waals surface area contributed by atoms with Crippen LogP contribution >= 0.6 is 0 Å². The Morgan fingerprint density at radius 2 is 1.00 bits per heavy atom. The quantitative estimate of drug-likeness (QED) is 0.180. The lowest BCUT2D eigenvalue weighted by Gasteiger charge is -2.26. The molecule has 6 nitrogen and oxygen atoms in total. The molecule has 0 amide bonds. The zero-order valence-corrected chi connectivity index (χ0v) is 29.7. The van der Waals surface area contributed by atoms with Gasteiger partial charge in [0, 0.05) is 33.4 Å². The van der Waals surface area contributed by atoms with Crippen LogP contribution in [0.4, 0.5) is 5.69 Å². The Morgan fingerprint density at radius 1 is 0.407 bits per heavy atom. The SMILES string of the molecule is CC1(C)c2ccccc2-c2cc3c(cc21)Oc1cccc(-c2ccccc2-c2nc(-c4ccccc4)nc(-c4cccc(-c5cccc(N)c5)c4)n2)c1O3. The Kier molecular flexibility index (Phi) is 7.20. The summed E-state index contributed by atoms with van der Waals surface area (Å²) >= 11 is 0. The van der Waals surface area contributed by atoms with Crippen molar-refractivity contribution in [3.63, 3.8) is 0 Å². The molecule has 54 heavy (non-hydrogen) atoms. The predicted octanol–water partition coefficient (Wildman–Crippen LogP) is 12.0. The number of ether oxygens (including phenoxy) is 2. The summed E-state index contributed by atoms with van der Waals surface area (Å²) in [6.45, 7) is 4.53. The number of para-hydroxylation sites is 1. The van der Waals surface area contributed by atoms with Gasteiger partial charge in [-0.25, -0.2) is 15.0 Å². The fraction of sp³-hybridized carbons (Fsp3) is 0.0625. The summed E-state index contributed by atoms with van der Waals surface area (Å²) in [4.78, 5) is 15.2. The molecule has 0 atom stereocenters. The monoisotopic (exact) mass is 698 g/mol. The number of hydrogen-bond acceptors (Lipinski definition) is 6. The molecule has 1 aliphatic carbocycles. The molecule has 2 aliphatic rings. The van der Waals surface area contributed by atoms with Crippen molar-refractivity contribution in [2.24, 2.45) is 0 Å². The van der Waals surface area contributed by atoms with Crippen molar-refractivity contribution in [2.75, 3.05) is 5.73 Å². The molecule has 6 heteroatoms. The van der Waals surface area contributed by atoms with E-state index in [1.807, 2.05) is 84.9 Å². The fourth-order valence-corrected chi connectivity index (χ4v) is 7.82. The van der Waals surface area contributed by atoms with Crippen LogP contribution in [0.5, 0.6) is 23.0 Å². The highest BCUT2D eigenvalue weighted by atomic mass is 16.6. The molecule has 1 aromatic heterocycles. The van der Waals surface area contributed by atoms with Crippen LogP contribution in [-0.2, 0) is 5.41 Å². The molecular weight excluding hydrogens is 665 g/mol. The first-order valence-electron chi connectivity index (χ1n) is 18.1. The van der Waals surface area contributed by atoms with Crippen molar-refractivity contribution < 1.29 is 9.47 Å². The minimum absolute atomic E-state index is 0.149. The summed E-state index contributed by atoms with van der Waals surface area (Å²) in [6, 6.07) is 53.2. The molecule has 7 aromatic carbocycles. The van der Waals surface area contributed by atoms with Crippen molar-refractivity contribution in [3.05, 3.63) is 169 Å². The molecule has 1 aliphatic heterocycles. The third-order valence-corrected chi connectivity index (χ3v) is 10.5. The Labute approximate surface area is 313 Å². The van der Waals surface area contributed by atoms with Crippen LogP contribution in [0.2, 0.25) is 0 Å². The minimum atomic E-state index is -0.149. The van der Waals surface area contributed by atoms with Gasteiger partial charge in [-0.1, -0.05) is 135 Å². The second-order valence-corrected chi connectivity index (χ2v) is 14.3. The standard InChI is InChI=1S/C48H34N4O2/c1-48(2)39-23-9-8-20-35(39)38-27-42-43(28-40(38)48)53-41-24-12-22-36(44(41)54-42)34-19-6-7-21-37(34)47-51-45(29-13-4-3-5-14-29)50-46(52-47)32-17-10-15-30(25-32)31-16-11-18-33(49)26-31/h3-28H,49H2,1-2H3. The number of rotatable bonds is 5. The first-order valence-corrected chi connectivity index (χ1v) is 18.1. The lowest BCUT2D eigenvalue weighted by Crippen LogP contribution is -2.15. The number of nitrogen functional groups attached to an aromatic ring is 1. The van der Waals surface area contributed by atoms with Gasteiger partial charge in [0.2, 0.25) is 0 Å². The molecule has 258 valence electrons. The van der Waals surface area contributed by atoms with Gasteiger partial charge in [-0.05, 0) is 75.3 Å². The van der Waals surface area contributed by atoms with Gasteiger partial charge >= 0.3 is 0 Å². The van der Waals surface area contributed by atoms with Crippen molar-refractivity contribution in [2.45, 2.75) is 19.3 Å². The number of fused-ring (bicyclic) bond motifs is 5. The lowest BCUT2D eigenvalue weighted by molar-refractivity contribution is 0.360. The number of benzene rings is 7. The van der Waals surface area contributed by atoms with Crippen molar-refractivity contribution in [1.29, 1.82) is 0 Å². The van der Waals surface area contributed by atoms with Gasteiger partial charge in [0.25, 0.3) is 0 Å². The molecule has 10 rings (SSSR count). The van der Waals surface area contributed by atoms with E-state index in [0.717, 1.165) is 38.9 Å². The molecule has 0 radical (unpaired) electrons. The maximum absolute atomic E-state index is 6.82. The molecule has 2 heterocycles. The summed E-state index contributed by atoms with van der Waals surface area (Å²) in [7, 11) is 0. The average molecular weight is 699 g/mol. The smallest absolute Gasteiger partial charge is 0.177 e. The van der Waals surface area contributed by atoms with E-state index in [0.29, 0.717) is 46.2 Å². The van der Waals surface area contributed by atoms with Crippen molar-refractivity contribution >= 4 is 5.69 Å². The Balaban J connectivity index is 1.10. The van der Waals surface area contributed by atoms with Crippen LogP contribution < -0.4 is 15.2 Å². The Hall–Kier alpha value is -7.05. The van der Waals surface area contributed by atoms with Gasteiger partial charge in [0.05, 0.1) is 0 Å².